The van der Waals surface area contributed by atoms with E-state index < -0.39 is 0 Å². The van der Waals surface area contributed by atoms with E-state index in [1.165, 1.54) is 5.56 Å². The van der Waals surface area contributed by atoms with Gasteiger partial charge < -0.3 is 10.3 Å². The standard InChI is InChI=1S/C12H18N4/c1-4-9(3)14-7-10-15-11-8(2)5-6-13-12(11)16-10/h5-6,9,14H,4,7H2,1-3H3,(H,13,15,16). The van der Waals surface area contributed by atoms with Crippen molar-refractivity contribution in [2.24, 2.45) is 0 Å². The topological polar surface area (TPSA) is 53.6 Å². The molecular weight excluding hydrogens is 200 g/mol. The van der Waals surface area contributed by atoms with Crippen LogP contribution in [0.5, 0.6) is 0 Å². The van der Waals surface area contributed by atoms with Gasteiger partial charge in [0.15, 0.2) is 5.65 Å². The van der Waals surface area contributed by atoms with E-state index in [-0.39, 0.29) is 0 Å². The summed E-state index contributed by atoms with van der Waals surface area (Å²) in [6.45, 7) is 7.17. The third-order valence-electron chi connectivity index (χ3n) is 2.88. The van der Waals surface area contributed by atoms with Gasteiger partial charge in [-0.3, -0.25) is 0 Å². The maximum atomic E-state index is 4.45. The lowest BCUT2D eigenvalue weighted by Gasteiger charge is -2.08. The van der Waals surface area contributed by atoms with E-state index in [1.54, 1.807) is 6.20 Å². The molecule has 2 aromatic rings. The fourth-order valence-corrected chi connectivity index (χ4v) is 1.58. The highest BCUT2D eigenvalue weighted by Gasteiger charge is 2.06. The first-order chi connectivity index (χ1) is 7.70. The van der Waals surface area contributed by atoms with Crippen LogP contribution >= 0.6 is 0 Å². The third kappa shape index (κ3) is 2.22. The number of rotatable bonds is 4. The molecule has 4 heteroatoms. The van der Waals surface area contributed by atoms with Crippen molar-refractivity contribution < 1.29 is 0 Å². The van der Waals surface area contributed by atoms with Crippen molar-refractivity contribution in [3.05, 3.63) is 23.7 Å². The molecule has 2 rings (SSSR count). The Morgan fingerprint density at radius 3 is 3.00 bits per heavy atom. The number of imidazole rings is 1. The van der Waals surface area contributed by atoms with Gasteiger partial charge in [0.25, 0.3) is 0 Å². The quantitative estimate of drug-likeness (QED) is 0.826. The Bertz CT molecular complexity index is 475. The number of aromatic nitrogens is 3. The second kappa shape index (κ2) is 4.61. The van der Waals surface area contributed by atoms with Gasteiger partial charge in [-0.1, -0.05) is 6.92 Å². The predicted octanol–water partition coefficient (Wildman–Crippen LogP) is 2.15. The van der Waals surface area contributed by atoms with Crippen molar-refractivity contribution in [3.63, 3.8) is 0 Å². The Morgan fingerprint density at radius 2 is 2.31 bits per heavy atom. The predicted molar refractivity (Wildman–Crippen MR) is 65.2 cm³/mol. The highest BCUT2D eigenvalue weighted by Crippen LogP contribution is 2.12. The summed E-state index contributed by atoms with van der Waals surface area (Å²) in [5.41, 5.74) is 3.04. The first-order valence-electron chi connectivity index (χ1n) is 5.74. The molecule has 0 radical (unpaired) electrons. The van der Waals surface area contributed by atoms with E-state index in [0.29, 0.717) is 6.04 Å². The van der Waals surface area contributed by atoms with E-state index in [4.69, 9.17) is 0 Å². The minimum absolute atomic E-state index is 0.516. The van der Waals surface area contributed by atoms with Crippen LogP contribution in [0.15, 0.2) is 12.3 Å². The van der Waals surface area contributed by atoms with Crippen LogP contribution in [0.25, 0.3) is 11.2 Å². The molecule has 0 saturated heterocycles. The summed E-state index contributed by atoms with van der Waals surface area (Å²) in [7, 11) is 0. The number of nitrogens with zero attached hydrogens (tertiary/aromatic N) is 2. The Hall–Kier alpha value is -1.42. The second-order valence-corrected chi connectivity index (χ2v) is 4.20. The van der Waals surface area contributed by atoms with Gasteiger partial charge in [-0.15, -0.1) is 0 Å². The average molecular weight is 218 g/mol. The molecule has 1 unspecified atom stereocenters. The van der Waals surface area contributed by atoms with Crippen LogP contribution in [0.1, 0.15) is 31.7 Å². The molecule has 0 aliphatic heterocycles. The molecule has 4 nitrogen and oxygen atoms in total. The SMILES string of the molecule is CCC(C)NCc1nc2nccc(C)c2[nH]1. The van der Waals surface area contributed by atoms with Crippen LogP contribution in [0, 0.1) is 6.92 Å². The van der Waals surface area contributed by atoms with Gasteiger partial charge in [0.1, 0.15) is 5.82 Å². The Labute approximate surface area is 95.5 Å². The highest BCUT2D eigenvalue weighted by molar-refractivity contribution is 5.74. The number of hydrogen-bond donors (Lipinski definition) is 2. The maximum absolute atomic E-state index is 4.45. The molecule has 86 valence electrons. The van der Waals surface area contributed by atoms with Gasteiger partial charge >= 0.3 is 0 Å². The van der Waals surface area contributed by atoms with Crippen molar-refractivity contribution in [3.8, 4) is 0 Å². The monoisotopic (exact) mass is 218 g/mol. The molecule has 2 N–H and O–H groups in total. The van der Waals surface area contributed by atoms with Crippen molar-refractivity contribution in [2.75, 3.05) is 0 Å². The lowest BCUT2D eigenvalue weighted by atomic mass is 10.2. The summed E-state index contributed by atoms with van der Waals surface area (Å²) in [5.74, 6) is 0.956. The molecular formula is C12H18N4. The van der Waals surface area contributed by atoms with E-state index >= 15 is 0 Å². The summed E-state index contributed by atoms with van der Waals surface area (Å²) < 4.78 is 0. The molecule has 2 aromatic heterocycles. The number of fused-ring (bicyclic) bond motifs is 1. The molecule has 1 atom stereocenters. The lowest BCUT2D eigenvalue weighted by molar-refractivity contribution is 0.525. The van der Waals surface area contributed by atoms with Crippen molar-refractivity contribution in [1.82, 2.24) is 20.3 Å². The molecule has 0 aliphatic carbocycles. The molecule has 0 amide bonds. The van der Waals surface area contributed by atoms with E-state index in [0.717, 1.165) is 30.0 Å². The van der Waals surface area contributed by atoms with E-state index in [1.807, 2.05) is 6.07 Å². The number of H-pyrrole nitrogens is 1. The van der Waals surface area contributed by atoms with E-state index in [9.17, 15) is 0 Å². The summed E-state index contributed by atoms with van der Waals surface area (Å²) in [4.78, 5) is 12.0. The summed E-state index contributed by atoms with van der Waals surface area (Å²) in [6.07, 6.45) is 2.92. The largest absolute Gasteiger partial charge is 0.339 e. The Kier molecular flexibility index (Phi) is 3.19. The minimum Gasteiger partial charge on any atom is -0.339 e. The minimum atomic E-state index is 0.516. The van der Waals surface area contributed by atoms with Crippen LogP contribution in [0.2, 0.25) is 0 Å². The van der Waals surface area contributed by atoms with Gasteiger partial charge in [-0.2, -0.15) is 0 Å². The number of aromatic amines is 1. The van der Waals surface area contributed by atoms with Gasteiger partial charge in [-0.25, -0.2) is 9.97 Å². The summed E-state index contributed by atoms with van der Waals surface area (Å²) in [5, 5.41) is 3.41. The fourth-order valence-electron chi connectivity index (χ4n) is 1.58. The van der Waals surface area contributed by atoms with Gasteiger partial charge in [-0.05, 0) is 31.9 Å². The van der Waals surface area contributed by atoms with Crippen LogP contribution < -0.4 is 5.32 Å². The zero-order valence-corrected chi connectivity index (χ0v) is 10.0. The normalized spacial score (nSPS) is 13.2. The smallest absolute Gasteiger partial charge is 0.178 e. The average Bonchev–Trinajstić information content (AvgIpc) is 2.70. The van der Waals surface area contributed by atoms with Crippen molar-refractivity contribution in [2.45, 2.75) is 39.8 Å². The Balaban J connectivity index is 2.17. The van der Waals surface area contributed by atoms with Crippen molar-refractivity contribution in [1.29, 1.82) is 0 Å². The lowest BCUT2D eigenvalue weighted by Crippen LogP contribution is -2.24. The summed E-state index contributed by atoms with van der Waals surface area (Å²) >= 11 is 0. The van der Waals surface area contributed by atoms with Crippen LogP contribution in [-0.4, -0.2) is 21.0 Å². The molecule has 0 bridgehead atoms. The van der Waals surface area contributed by atoms with Crippen molar-refractivity contribution >= 4 is 11.2 Å². The number of aryl methyl sites for hydroxylation is 1. The van der Waals surface area contributed by atoms with Crippen LogP contribution in [0.4, 0.5) is 0 Å². The first kappa shape index (κ1) is 11.1. The van der Waals surface area contributed by atoms with Gasteiger partial charge in [0, 0.05) is 12.2 Å². The first-order valence-corrected chi connectivity index (χ1v) is 5.74. The molecule has 0 spiro atoms. The zero-order chi connectivity index (χ0) is 11.5. The fraction of sp³-hybridized carbons (Fsp3) is 0.500. The third-order valence-corrected chi connectivity index (χ3v) is 2.88. The van der Waals surface area contributed by atoms with Gasteiger partial charge in [0.05, 0.1) is 12.1 Å². The van der Waals surface area contributed by atoms with E-state index in [2.05, 4.69) is 41.0 Å². The zero-order valence-electron chi connectivity index (χ0n) is 10.0. The molecule has 0 aromatic carbocycles. The van der Waals surface area contributed by atoms with Crippen LogP contribution in [0.3, 0.4) is 0 Å². The maximum Gasteiger partial charge on any atom is 0.178 e. The van der Waals surface area contributed by atoms with Crippen LogP contribution in [-0.2, 0) is 6.54 Å². The number of pyridine rings is 1. The molecule has 0 saturated carbocycles. The number of hydrogen-bond acceptors (Lipinski definition) is 3. The Morgan fingerprint density at radius 1 is 1.50 bits per heavy atom. The molecule has 0 aliphatic rings. The van der Waals surface area contributed by atoms with Gasteiger partial charge in [0.2, 0.25) is 0 Å². The summed E-state index contributed by atoms with van der Waals surface area (Å²) in [6, 6.07) is 2.51. The molecule has 2 heterocycles. The second-order valence-electron chi connectivity index (χ2n) is 4.20. The number of nitrogens with one attached hydrogen (secondary N) is 2. The molecule has 0 fully saturated rings. The molecule has 16 heavy (non-hydrogen) atoms. The highest BCUT2D eigenvalue weighted by atomic mass is 15.0.